The van der Waals surface area contributed by atoms with Crippen LogP contribution in [-0.4, -0.2) is 20.7 Å². The van der Waals surface area contributed by atoms with Crippen molar-refractivity contribution >= 4 is 21.4 Å². The predicted octanol–water partition coefficient (Wildman–Crippen LogP) is 2.10. The van der Waals surface area contributed by atoms with Crippen LogP contribution in [0, 0.1) is 5.92 Å². The van der Waals surface area contributed by atoms with E-state index in [4.69, 9.17) is 5.73 Å². The van der Waals surface area contributed by atoms with E-state index in [1.165, 1.54) is 0 Å². The Morgan fingerprint density at radius 1 is 1.39 bits per heavy atom. The highest BCUT2D eigenvalue weighted by atomic mass is 32.2. The molecule has 0 amide bonds. The number of thiophene rings is 1. The molecule has 0 aliphatic heterocycles. The lowest BCUT2D eigenvalue weighted by molar-refractivity contribution is 0.468. The van der Waals surface area contributed by atoms with E-state index in [-0.39, 0.29) is 17.7 Å². The van der Waals surface area contributed by atoms with Crippen molar-refractivity contribution in [2.24, 2.45) is 11.7 Å². The first kappa shape index (κ1) is 15.6. The van der Waals surface area contributed by atoms with Crippen molar-refractivity contribution in [3.63, 3.8) is 0 Å². The van der Waals surface area contributed by atoms with Crippen molar-refractivity contribution in [1.29, 1.82) is 0 Å². The Labute approximate surface area is 114 Å². The third-order valence-corrected chi connectivity index (χ3v) is 5.08. The van der Waals surface area contributed by atoms with Crippen molar-refractivity contribution in [1.82, 2.24) is 4.72 Å². The highest BCUT2D eigenvalue weighted by Gasteiger charge is 2.22. The van der Waals surface area contributed by atoms with Gasteiger partial charge in [0.1, 0.15) is 0 Å². The van der Waals surface area contributed by atoms with Crippen LogP contribution in [0.25, 0.3) is 0 Å². The summed E-state index contributed by atoms with van der Waals surface area (Å²) in [6.45, 7) is 4.58. The van der Waals surface area contributed by atoms with E-state index in [1.807, 2.05) is 31.4 Å². The van der Waals surface area contributed by atoms with Crippen molar-refractivity contribution < 1.29 is 8.42 Å². The zero-order valence-electron chi connectivity index (χ0n) is 10.9. The average Bonchev–Trinajstić information content (AvgIpc) is 2.79. The van der Waals surface area contributed by atoms with E-state index in [0.29, 0.717) is 13.0 Å². The van der Waals surface area contributed by atoms with Crippen molar-refractivity contribution in [3.05, 3.63) is 22.4 Å². The summed E-state index contributed by atoms with van der Waals surface area (Å²) in [4.78, 5) is 1.06. The smallest absolute Gasteiger partial charge is 0.212 e. The van der Waals surface area contributed by atoms with Gasteiger partial charge in [-0.15, -0.1) is 11.3 Å². The summed E-state index contributed by atoms with van der Waals surface area (Å²) in [7, 11) is -3.22. The number of unbranched alkanes of at least 4 members (excludes halogenated alkanes) is 1. The third-order valence-electron chi connectivity index (χ3n) is 2.69. The lowest BCUT2D eigenvalue weighted by Crippen LogP contribution is -2.33. The normalized spacial score (nSPS) is 14.0. The fourth-order valence-electron chi connectivity index (χ4n) is 1.68. The third kappa shape index (κ3) is 5.06. The second kappa shape index (κ2) is 7.23. The molecular formula is C12H22N2O2S2. The molecule has 1 rings (SSSR count). The molecule has 0 aromatic carbocycles. The van der Waals surface area contributed by atoms with Gasteiger partial charge < -0.3 is 5.73 Å². The number of nitrogens with two attached hydrogens (primary N) is 1. The summed E-state index contributed by atoms with van der Waals surface area (Å²) in [5, 5.41) is 1.97. The molecule has 18 heavy (non-hydrogen) atoms. The Kier molecular flexibility index (Phi) is 6.28. The maximum absolute atomic E-state index is 12.0. The molecule has 104 valence electrons. The van der Waals surface area contributed by atoms with Crippen LogP contribution in [0.15, 0.2) is 17.5 Å². The zero-order valence-corrected chi connectivity index (χ0v) is 12.6. The standard InChI is InChI=1S/C12H22N2O2S2/c1-10(2)12(11-6-5-8-17-11)14-18(15,16)9-4-3-7-13/h5-6,8,10,12,14H,3-4,7,9,13H2,1-2H3. The predicted molar refractivity (Wildman–Crippen MR) is 77.1 cm³/mol. The van der Waals surface area contributed by atoms with E-state index in [9.17, 15) is 8.42 Å². The Bertz CT molecular complexity index is 427. The molecule has 1 atom stereocenters. The molecule has 6 heteroatoms. The molecule has 1 heterocycles. The number of sulfonamides is 1. The first-order valence-corrected chi connectivity index (χ1v) is 8.73. The minimum absolute atomic E-state index is 0.132. The summed E-state index contributed by atoms with van der Waals surface area (Å²) in [6.07, 6.45) is 1.35. The fourth-order valence-corrected chi connectivity index (χ4v) is 4.19. The largest absolute Gasteiger partial charge is 0.330 e. The lowest BCUT2D eigenvalue weighted by atomic mass is 10.0. The van der Waals surface area contributed by atoms with Crippen molar-refractivity contribution in [3.8, 4) is 0 Å². The van der Waals surface area contributed by atoms with Gasteiger partial charge in [-0.3, -0.25) is 0 Å². The Morgan fingerprint density at radius 2 is 2.11 bits per heavy atom. The van der Waals surface area contributed by atoms with Crippen LogP contribution in [0.1, 0.15) is 37.6 Å². The van der Waals surface area contributed by atoms with Gasteiger partial charge >= 0.3 is 0 Å². The second-order valence-corrected chi connectivity index (χ2v) is 7.52. The molecule has 0 spiro atoms. The molecule has 3 N–H and O–H groups in total. The first-order valence-electron chi connectivity index (χ1n) is 6.19. The maximum Gasteiger partial charge on any atom is 0.212 e. The minimum atomic E-state index is -3.22. The van der Waals surface area contributed by atoms with Crippen molar-refractivity contribution in [2.45, 2.75) is 32.7 Å². The van der Waals surface area contributed by atoms with Crippen LogP contribution in [-0.2, 0) is 10.0 Å². The molecule has 0 bridgehead atoms. The molecule has 0 aliphatic carbocycles. The quantitative estimate of drug-likeness (QED) is 0.720. The van der Waals surface area contributed by atoms with Gasteiger partial charge in [0.15, 0.2) is 0 Å². The summed E-state index contributed by atoms with van der Waals surface area (Å²) >= 11 is 1.58. The number of hydrogen-bond donors (Lipinski definition) is 2. The second-order valence-electron chi connectivity index (χ2n) is 4.67. The van der Waals surface area contributed by atoms with E-state index < -0.39 is 10.0 Å². The van der Waals surface area contributed by atoms with Gasteiger partial charge in [0, 0.05) is 4.88 Å². The molecule has 0 saturated heterocycles. The van der Waals surface area contributed by atoms with Crippen LogP contribution >= 0.6 is 11.3 Å². The van der Waals surface area contributed by atoms with E-state index >= 15 is 0 Å². The summed E-state index contributed by atoms with van der Waals surface area (Å²) in [5.41, 5.74) is 5.37. The van der Waals surface area contributed by atoms with Crippen LogP contribution < -0.4 is 10.5 Å². The van der Waals surface area contributed by atoms with Gasteiger partial charge in [-0.05, 0) is 36.8 Å². The van der Waals surface area contributed by atoms with Crippen LogP contribution in [0.3, 0.4) is 0 Å². The molecular weight excluding hydrogens is 268 g/mol. The van der Waals surface area contributed by atoms with Gasteiger partial charge in [-0.1, -0.05) is 19.9 Å². The lowest BCUT2D eigenvalue weighted by Gasteiger charge is -2.21. The Hall–Kier alpha value is -0.430. The summed E-state index contributed by atoms with van der Waals surface area (Å²) < 4.78 is 26.7. The van der Waals surface area contributed by atoms with E-state index in [1.54, 1.807) is 11.3 Å². The highest BCUT2D eigenvalue weighted by Crippen LogP contribution is 2.26. The van der Waals surface area contributed by atoms with Crippen LogP contribution in [0.4, 0.5) is 0 Å². The average molecular weight is 290 g/mol. The maximum atomic E-state index is 12.0. The minimum Gasteiger partial charge on any atom is -0.330 e. The zero-order chi connectivity index (χ0) is 13.6. The van der Waals surface area contributed by atoms with Gasteiger partial charge in [0.2, 0.25) is 10.0 Å². The number of rotatable bonds is 8. The highest BCUT2D eigenvalue weighted by molar-refractivity contribution is 7.89. The number of nitrogens with one attached hydrogen (secondary N) is 1. The molecule has 0 saturated carbocycles. The summed E-state index contributed by atoms with van der Waals surface area (Å²) in [5.74, 6) is 0.381. The van der Waals surface area contributed by atoms with E-state index in [0.717, 1.165) is 11.3 Å². The van der Waals surface area contributed by atoms with Crippen molar-refractivity contribution in [2.75, 3.05) is 12.3 Å². The van der Waals surface area contributed by atoms with Gasteiger partial charge in [-0.25, -0.2) is 13.1 Å². The first-order chi connectivity index (χ1) is 8.46. The van der Waals surface area contributed by atoms with Gasteiger partial charge in [0.25, 0.3) is 0 Å². The Morgan fingerprint density at radius 3 is 2.61 bits per heavy atom. The molecule has 1 aromatic heterocycles. The summed E-state index contributed by atoms with van der Waals surface area (Å²) in [6, 6.07) is 3.78. The van der Waals surface area contributed by atoms with Gasteiger partial charge in [0.05, 0.1) is 11.8 Å². The monoisotopic (exact) mass is 290 g/mol. The van der Waals surface area contributed by atoms with Crippen LogP contribution in [0.5, 0.6) is 0 Å². The molecule has 0 fully saturated rings. The molecule has 0 aliphatic rings. The SMILES string of the molecule is CC(C)C(NS(=O)(=O)CCCCN)c1cccs1. The molecule has 0 radical (unpaired) electrons. The Balaban J connectivity index is 2.67. The number of hydrogen-bond acceptors (Lipinski definition) is 4. The molecule has 1 aromatic rings. The van der Waals surface area contributed by atoms with E-state index in [2.05, 4.69) is 4.72 Å². The van der Waals surface area contributed by atoms with Crippen LogP contribution in [0.2, 0.25) is 0 Å². The molecule has 1 unspecified atom stereocenters. The van der Waals surface area contributed by atoms with Gasteiger partial charge in [-0.2, -0.15) is 0 Å². The molecule has 4 nitrogen and oxygen atoms in total. The topological polar surface area (TPSA) is 72.2 Å². The fraction of sp³-hybridized carbons (Fsp3) is 0.667.